The van der Waals surface area contributed by atoms with Crippen LogP contribution in [-0.4, -0.2) is 43.2 Å². The second kappa shape index (κ2) is 8.20. The lowest BCUT2D eigenvalue weighted by Crippen LogP contribution is -2.51. The van der Waals surface area contributed by atoms with Crippen LogP contribution in [0.2, 0.25) is 0 Å². The van der Waals surface area contributed by atoms with Crippen LogP contribution in [0.4, 0.5) is 0 Å². The number of fused-ring (bicyclic) bond motifs is 2. The van der Waals surface area contributed by atoms with Gasteiger partial charge in [-0.1, -0.05) is 45.0 Å². The average Bonchev–Trinajstić information content (AvgIpc) is 3.32. The molecule has 1 saturated heterocycles. The van der Waals surface area contributed by atoms with Gasteiger partial charge in [0.05, 0.1) is 18.4 Å². The smallest absolute Gasteiger partial charge is 0.287 e. The Morgan fingerprint density at radius 1 is 1.20 bits per heavy atom. The molecular weight excluding hydrogens is 376 g/mol. The monoisotopic (exact) mass is 410 g/mol. The Hall–Kier alpha value is -2.11. The van der Waals surface area contributed by atoms with E-state index < -0.39 is 0 Å². The van der Waals surface area contributed by atoms with Gasteiger partial charge in [0.2, 0.25) is 0 Å². The summed E-state index contributed by atoms with van der Waals surface area (Å²) in [5.74, 6) is 0.149. The van der Waals surface area contributed by atoms with E-state index in [0.29, 0.717) is 12.4 Å². The highest BCUT2D eigenvalue weighted by atomic mass is 16.5. The van der Waals surface area contributed by atoms with E-state index in [2.05, 4.69) is 55.3 Å². The van der Waals surface area contributed by atoms with Crippen molar-refractivity contribution in [3.8, 4) is 0 Å². The zero-order valence-corrected chi connectivity index (χ0v) is 18.6. The summed E-state index contributed by atoms with van der Waals surface area (Å²) in [5.41, 5.74) is 2.74. The SMILES string of the molecule is CCO[C@H]1[C@H](NC(=O)c2ccco2)c2ccccc2C12CCN(CC(C)(C)C)CC2. The summed E-state index contributed by atoms with van der Waals surface area (Å²) in [6.07, 6.45) is 3.54. The number of benzene rings is 1. The van der Waals surface area contributed by atoms with E-state index in [9.17, 15) is 4.79 Å². The normalized spacial score (nSPS) is 23.5. The van der Waals surface area contributed by atoms with Crippen LogP contribution in [0.1, 0.15) is 68.3 Å². The second-order valence-corrected chi connectivity index (χ2v) is 9.88. The first-order valence-electron chi connectivity index (χ1n) is 11.1. The summed E-state index contributed by atoms with van der Waals surface area (Å²) >= 11 is 0. The first-order valence-corrected chi connectivity index (χ1v) is 11.1. The summed E-state index contributed by atoms with van der Waals surface area (Å²) in [4.78, 5) is 15.4. The Morgan fingerprint density at radius 3 is 2.57 bits per heavy atom. The molecule has 1 aliphatic heterocycles. The number of carbonyl (C=O) groups is 1. The number of piperidine rings is 1. The van der Waals surface area contributed by atoms with Crippen molar-refractivity contribution in [2.45, 2.75) is 58.1 Å². The van der Waals surface area contributed by atoms with Crippen molar-refractivity contribution < 1.29 is 13.9 Å². The maximum Gasteiger partial charge on any atom is 0.287 e. The minimum Gasteiger partial charge on any atom is -0.459 e. The molecule has 0 unspecified atom stereocenters. The van der Waals surface area contributed by atoms with Crippen LogP contribution in [0.5, 0.6) is 0 Å². The number of furan rings is 1. The van der Waals surface area contributed by atoms with Crippen molar-refractivity contribution in [1.82, 2.24) is 10.2 Å². The molecule has 0 radical (unpaired) electrons. The van der Waals surface area contributed by atoms with Gasteiger partial charge in [-0.15, -0.1) is 0 Å². The first kappa shape index (κ1) is 21.1. The molecule has 0 bridgehead atoms. The number of hydrogen-bond acceptors (Lipinski definition) is 4. The van der Waals surface area contributed by atoms with Gasteiger partial charge in [-0.3, -0.25) is 4.79 Å². The number of rotatable bonds is 5. The number of carbonyl (C=O) groups excluding carboxylic acids is 1. The Bertz CT molecular complexity index is 861. The Morgan fingerprint density at radius 2 is 1.93 bits per heavy atom. The van der Waals surface area contributed by atoms with E-state index >= 15 is 0 Å². The van der Waals surface area contributed by atoms with E-state index in [-0.39, 0.29) is 28.9 Å². The molecule has 2 atom stereocenters. The third-order valence-electron chi connectivity index (χ3n) is 6.50. The molecule has 1 spiro atoms. The van der Waals surface area contributed by atoms with Crippen LogP contribution in [0.3, 0.4) is 0 Å². The molecule has 1 amide bonds. The van der Waals surface area contributed by atoms with Gasteiger partial charge >= 0.3 is 0 Å². The molecule has 30 heavy (non-hydrogen) atoms. The minimum absolute atomic E-state index is 0.0674. The van der Waals surface area contributed by atoms with E-state index in [1.807, 2.05) is 6.92 Å². The van der Waals surface area contributed by atoms with Gasteiger partial charge in [-0.05, 0) is 61.5 Å². The van der Waals surface area contributed by atoms with Crippen molar-refractivity contribution in [2.75, 3.05) is 26.2 Å². The summed E-state index contributed by atoms with van der Waals surface area (Å²) < 4.78 is 11.7. The molecule has 1 aromatic heterocycles. The maximum absolute atomic E-state index is 12.8. The number of nitrogens with one attached hydrogen (secondary N) is 1. The van der Waals surface area contributed by atoms with E-state index in [4.69, 9.17) is 9.15 Å². The van der Waals surface area contributed by atoms with Gasteiger partial charge in [0, 0.05) is 18.6 Å². The lowest BCUT2D eigenvalue weighted by atomic mass is 9.71. The van der Waals surface area contributed by atoms with Crippen molar-refractivity contribution >= 4 is 5.91 Å². The van der Waals surface area contributed by atoms with Crippen molar-refractivity contribution in [2.24, 2.45) is 5.41 Å². The van der Waals surface area contributed by atoms with Crippen LogP contribution in [-0.2, 0) is 10.2 Å². The van der Waals surface area contributed by atoms with Crippen molar-refractivity contribution in [3.05, 3.63) is 59.5 Å². The van der Waals surface area contributed by atoms with Gasteiger partial charge in [0.15, 0.2) is 5.76 Å². The fourth-order valence-corrected chi connectivity index (χ4v) is 5.40. The molecule has 2 aromatic rings. The van der Waals surface area contributed by atoms with Gasteiger partial charge in [0.1, 0.15) is 0 Å². The van der Waals surface area contributed by atoms with E-state index in [1.54, 1.807) is 12.1 Å². The molecule has 2 heterocycles. The molecule has 0 saturated carbocycles. The predicted octanol–water partition coefficient (Wildman–Crippen LogP) is 4.55. The molecule has 4 rings (SSSR count). The van der Waals surface area contributed by atoms with E-state index in [1.165, 1.54) is 17.4 Å². The van der Waals surface area contributed by atoms with Crippen LogP contribution in [0.15, 0.2) is 47.1 Å². The maximum atomic E-state index is 12.8. The fraction of sp³-hybridized carbons (Fsp3) is 0.560. The lowest BCUT2D eigenvalue weighted by molar-refractivity contribution is -0.0353. The third-order valence-corrected chi connectivity index (χ3v) is 6.50. The molecular formula is C25H34N2O3. The number of likely N-dealkylation sites (tertiary alicyclic amines) is 1. The summed E-state index contributed by atoms with van der Waals surface area (Å²) in [5, 5.41) is 3.22. The molecule has 1 aromatic carbocycles. The standard InChI is InChI=1S/C25H34N2O3/c1-5-29-22-21(26-23(28)20-11-8-16-30-20)18-9-6-7-10-19(18)25(22)12-14-27(15-13-25)17-24(2,3)4/h6-11,16,21-22H,5,12-15,17H2,1-4H3,(H,26,28)/t21-,22+/m1/s1. The fourth-order valence-electron chi connectivity index (χ4n) is 5.40. The zero-order chi connectivity index (χ0) is 21.4. The summed E-state index contributed by atoms with van der Waals surface area (Å²) in [7, 11) is 0. The van der Waals surface area contributed by atoms with Gasteiger partial charge in [0.25, 0.3) is 5.91 Å². The highest BCUT2D eigenvalue weighted by Crippen LogP contribution is 2.52. The number of amides is 1. The summed E-state index contributed by atoms with van der Waals surface area (Å²) in [6.45, 7) is 12.8. The van der Waals surface area contributed by atoms with Crippen LogP contribution in [0.25, 0.3) is 0 Å². The molecule has 5 heteroatoms. The highest BCUT2D eigenvalue weighted by molar-refractivity contribution is 5.91. The largest absolute Gasteiger partial charge is 0.459 e. The van der Waals surface area contributed by atoms with Gasteiger partial charge in [-0.2, -0.15) is 0 Å². The van der Waals surface area contributed by atoms with Gasteiger partial charge in [-0.25, -0.2) is 0 Å². The molecule has 1 aliphatic carbocycles. The highest BCUT2D eigenvalue weighted by Gasteiger charge is 2.54. The van der Waals surface area contributed by atoms with Crippen LogP contribution < -0.4 is 5.32 Å². The van der Waals surface area contributed by atoms with Crippen molar-refractivity contribution in [3.63, 3.8) is 0 Å². The third kappa shape index (κ3) is 3.93. The average molecular weight is 411 g/mol. The molecule has 2 aliphatic rings. The first-order chi connectivity index (χ1) is 14.3. The Balaban J connectivity index is 1.63. The summed E-state index contributed by atoms with van der Waals surface area (Å²) in [6, 6.07) is 11.8. The molecule has 162 valence electrons. The molecule has 5 nitrogen and oxygen atoms in total. The quantitative estimate of drug-likeness (QED) is 0.786. The van der Waals surface area contributed by atoms with E-state index in [0.717, 1.165) is 32.5 Å². The van der Waals surface area contributed by atoms with Crippen LogP contribution >= 0.6 is 0 Å². The zero-order valence-electron chi connectivity index (χ0n) is 18.6. The Kier molecular flexibility index (Phi) is 5.78. The van der Waals surface area contributed by atoms with Crippen molar-refractivity contribution in [1.29, 1.82) is 0 Å². The minimum atomic E-state index is -0.188. The number of ether oxygens (including phenoxy) is 1. The molecule has 1 N–H and O–H groups in total. The topological polar surface area (TPSA) is 54.7 Å². The number of hydrogen-bond donors (Lipinski definition) is 1. The lowest BCUT2D eigenvalue weighted by Gasteiger charge is -2.45. The number of nitrogens with zero attached hydrogens (tertiary/aromatic N) is 1. The van der Waals surface area contributed by atoms with Gasteiger partial charge < -0.3 is 19.4 Å². The second-order valence-electron chi connectivity index (χ2n) is 9.88. The Labute approximate surface area is 179 Å². The van der Waals surface area contributed by atoms with Crippen LogP contribution in [0, 0.1) is 5.41 Å². The predicted molar refractivity (Wildman–Crippen MR) is 118 cm³/mol. The molecule has 1 fully saturated rings.